The second kappa shape index (κ2) is 6.64. The molecular formula is C19H12F4N2O. The minimum atomic E-state index is -4.51. The van der Waals surface area contributed by atoms with Crippen LogP contribution >= 0.6 is 0 Å². The topological polar surface area (TPSA) is 45.9 Å². The summed E-state index contributed by atoms with van der Waals surface area (Å²) < 4.78 is 58.4. The average Bonchev–Trinajstić information content (AvgIpc) is 2.59. The lowest BCUT2D eigenvalue weighted by atomic mass is 10.1. The van der Waals surface area contributed by atoms with E-state index in [4.69, 9.17) is 4.74 Å². The third-order valence-electron chi connectivity index (χ3n) is 3.91. The molecular weight excluding hydrogens is 348 g/mol. The molecule has 0 bridgehead atoms. The number of aryl methyl sites for hydroxylation is 1. The molecule has 7 heteroatoms. The van der Waals surface area contributed by atoms with E-state index in [0.717, 1.165) is 12.1 Å². The Bertz CT molecular complexity index is 1020. The number of pyridine rings is 1. The van der Waals surface area contributed by atoms with Gasteiger partial charge in [0.25, 0.3) is 0 Å². The summed E-state index contributed by atoms with van der Waals surface area (Å²) in [5, 5.41) is 9.92. The van der Waals surface area contributed by atoms with Gasteiger partial charge in [0.1, 0.15) is 18.5 Å². The van der Waals surface area contributed by atoms with Crippen molar-refractivity contribution in [1.29, 1.82) is 5.26 Å². The maximum absolute atomic E-state index is 13.6. The van der Waals surface area contributed by atoms with Crippen molar-refractivity contribution in [3.05, 3.63) is 70.7 Å². The third-order valence-corrected chi connectivity index (χ3v) is 3.91. The fourth-order valence-electron chi connectivity index (χ4n) is 2.69. The van der Waals surface area contributed by atoms with Crippen molar-refractivity contribution in [2.24, 2.45) is 0 Å². The van der Waals surface area contributed by atoms with Gasteiger partial charge in [0.15, 0.2) is 0 Å². The molecule has 0 fully saturated rings. The fourth-order valence-corrected chi connectivity index (χ4v) is 2.69. The summed E-state index contributed by atoms with van der Waals surface area (Å²) in [4.78, 5) is 4.13. The van der Waals surface area contributed by atoms with Crippen LogP contribution in [-0.2, 0) is 12.8 Å². The van der Waals surface area contributed by atoms with E-state index in [9.17, 15) is 22.8 Å². The van der Waals surface area contributed by atoms with E-state index in [1.807, 2.05) is 6.07 Å². The Morgan fingerprint density at radius 1 is 1.12 bits per heavy atom. The number of fused-ring (bicyclic) bond motifs is 1. The van der Waals surface area contributed by atoms with Gasteiger partial charge in [0, 0.05) is 16.3 Å². The summed E-state index contributed by atoms with van der Waals surface area (Å²) in [5.74, 6) is -0.583. The fraction of sp³-hybridized carbons (Fsp3) is 0.158. The van der Waals surface area contributed by atoms with Crippen molar-refractivity contribution in [2.45, 2.75) is 19.7 Å². The number of hydrogen-bond acceptors (Lipinski definition) is 3. The molecule has 132 valence electrons. The molecule has 1 aromatic heterocycles. The van der Waals surface area contributed by atoms with Gasteiger partial charge in [0.05, 0.1) is 16.8 Å². The molecule has 2 aromatic carbocycles. The molecule has 0 atom stereocenters. The van der Waals surface area contributed by atoms with Gasteiger partial charge in [-0.2, -0.15) is 18.4 Å². The first-order valence-electron chi connectivity index (χ1n) is 7.59. The SMILES string of the molecule is Cc1nc(OCc2ccccc2C(F)(F)F)c2cc(F)ccc2c1C#N. The van der Waals surface area contributed by atoms with Gasteiger partial charge in [-0.25, -0.2) is 9.37 Å². The van der Waals surface area contributed by atoms with Gasteiger partial charge in [-0.05, 0) is 31.2 Å². The highest BCUT2D eigenvalue weighted by Gasteiger charge is 2.33. The smallest absolute Gasteiger partial charge is 0.416 e. The number of ether oxygens (including phenoxy) is 1. The number of alkyl halides is 3. The second-order valence-electron chi connectivity index (χ2n) is 5.62. The number of nitriles is 1. The summed E-state index contributed by atoms with van der Waals surface area (Å²) in [6.07, 6.45) is -4.51. The summed E-state index contributed by atoms with van der Waals surface area (Å²) >= 11 is 0. The number of aromatic nitrogens is 1. The second-order valence-corrected chi connectivity index (χ2v) is 5.62. The highest BCUT2D eigenvalue weighted by Crippen LogP contribution is 2.33. The lowest BCUT2D eigenvalue weighted by Gasteiger charge is -2.15. The molecule has 3 aromatic rings. The standard InChI is InChI=1S/C19H12F4N2O/c1-11-16(9-24)14-7-6-13(20)8-15(14)18(25-11)26-10-12-4-2-3-5-17(12)19(21,22)23/h2-8H,10H2,1H3. The molecule has 0 saturated heterocycles. The number of halogens is 4. The Morgan fingerprint density at radius 3 is 2.54 bits per heavy atom. The zero-order chi connectivity index (χ0) is 18.9. The monoisotopic (exact) mass is 360 g/mol. The van der Waals surface area contributed by atoms with Crippen molar-refractivity contribution in [3.63, 3.8) is 0 Å². The van der Waals surface area contributed by atoms with Gasteiger partial charge in [-0.3, -0.25) is 0 Å². The van der Waals surface area contributed by atoms with Gasteiger partial charge in [-0.1, -0.05) is 18.2 Å². The molecule has 0 radical (unpaired) electrons. The molecule has 0 amide bonds. The van der Waals surface area contributed by atoms with E-state index >= 15 is 0 Å². The van der Waals surface area contributed by atoms with Crippen LogP contribution in [0.5, 0.6) is 5.88 Å². The summed E-state index contributed by atoms with van der Waals surface area (Å²) in [6, 6.07) is 10.8. The molecule has 0 saturated carbocycles. The van der Waals surface area contributed by atoms with Crippen molar-refractivity contribution in [2.75, 3.05) is 0 Å². The van der Waals surface area contributed by atoms with Crippen LogP contribution in [0.3, 0.4) is 0 Å². The van der Waals surface area contributed by atoms with Crippen LogP contribution in [0.15, 0.2) is 42.5 Å². The lowest BCUT2D eigenvalue weighted by molar-refractivity contribution is -0.138. The Morgan fingerprint density at radius 2 is 1.85 bits per heavy atom. The quantitative estimate of drug-likeness (QED) is 0.607. The molecule has 0 N–H and O–H groups in total. The van der Waals surface area contributed by atoms with Crippen LogP contribution in [0.25, 0.3) is 10.8 Å². The van der Waals surface area contributed by atoms with Gasteiger partial charge in [0.2, 0.25) is 5.88 Å². The Balaban J connectivity index is 2.04. The maximum Gasteiger partial charge on any atom is 0.416 e. The van der Waals surface area contributed by atoms with Crippen LogP contribution in [-0.4, -0.2) is 4.98 Å². The molecule has 1 heterocycles. The predicted molar refractivity (Wildman–Crippen MR) is 86.9 cm³/mol. The predicted octanol–water partition coefficient (Wildman–Crippen LogP) is 5.15. The maximum atomic E-state index is 13.6. The van der Waals surface area contributed by atoms with Crippen LogP contribution in [0.2, 0.25) is 0 Å². The molecule has 26 heavy (non-hydrogen) atoms. The van der Waals surface area contributed by atoms with Crippen molar-refractivity contribution >= 4 is 10.8 Å². The van der Waals surface area contributed by atoms with Gasteiger partial charge in [-0.15, -0.1) is 0 Å². The zero-order valence-electron chi connectivity index (χ0n) is 13.6. The third kappa shape index (κ3) is 3.31. The van der Waals surface area contributed by atoms with E-state index in [0.29, 0.717) is 11.1 Å². The average molecular weight is 360 g/mol. The molecule has 0 unspecified atom stereocenters. The van der Waals surface area contributed by atoms with Crippen LogP contribution in [0, 0.1) is 24.1 Å². The van der Waals surface area contributed by atoms with E-state index < -0.39 is 17.6 Å². The Labute approximate surface area is 146 Å². The Hall–Kier alpha value is -3.14. The number of hydrogen-bond donors (Lipinski definition) is 0. The minimum Gasteiger partial charge on any atom is -0.472 e. The first kappa shape index (κ1) is 17.7. The summed E-state index contributed by atoms with van der Waals surface area (Å²) in [5.41, 5.74) is -0.247. The highest BCUT2D eigenvalue weighted by molar-refractivity contribution is 5.92. The molecule has 3 rings (SSSR count). The number of rotatable bonds is 3. The van der Waals surface area contributed by atoms with Crippen molar-refractivity contribution in [1.82, 2.24) is 4.98 Å². The lowest BCUT2D eigenvalue weighted by Crippen LogP contribution is -2.11. The van der Waals surface area contributed by atoms with E-state index in [1.165, 1.54) is 30.3 Å². The molecule has 0 aliphatic rings. The first-order chi connectivity index (χ1) is 12.3. The molecule has 0 aliphatic heterocycles. The highest BCUT2D eigenvalue weighted by atomic mass is 19.4. The number of benzene rings is 2. The normalized spacial score (nSPS) is 11.4. The first-order valence-corrected chi connectivity index (χ1v) is 7.59. The van der Waals surface area contributed by atoms with Gasteiger partial charge < -0.3 is 4.74 Å². The zero-order valence-corrected chi connectivity index (χ0v) is 13.6. The van der Waals surface area contributed by atoms with Crippen LogP contribution in [0.4, 0.5) is 17.6 Å². The van der Waals surface area contributed by atoms with E-state index in [-0.39, 0.29) is 29.0 Å². The summed E-state index contributed by atoms with van der Waals surface area (Å²) in [7, 11) is 0. The minimum absolute atomic E-state index is 0.0204. The van der Waals surface area contributed by atoms with Crippen molar-refractivity contribution < 1.29 is 22.3 Å². The molecule has 0 spiro atoms. The van der Waals surface area contributed by atoms with E-state index in [2.05, 4.69) is 4.98 Å². The number of nitrogens with zero attached hydrogens (tertiary/aromatic N) is 2. The van der Waals surface area contributed by atoms with Crippen LogP contribution in [0.1, 0.15) is 22.4 Å². The Kier molecular flexibility index (Phi) is 4.51. The van der Waals surface area contributed by atoms with E-state index in [1.54, 1.807) is 6.92 Å². The van der Waals surface area contributed by atoms with Crippen LogP contribution < -0.4 is 4.74 Å². The molecule has 0 aliphatic carbocycles. The van der Waals surface area contributed by atoms with Crippen molar-refractivity contribution in [3.8, 4) is 11.9 Å². The summed E-state index contributed by atoms with van der Waals surface area (Å²) in [6.45, 7) is 1.19. The largest absolute Gasteiger partial charge is 0.472 e. The molecule has 3 nitrogen and oxygen atoms in total. The van der Waals surface area contributed by atoms with Gasteiger partial charge >= 0.3 is 6.18 Å².